The molecule has 0 N–H and O–H groups in total. The molecule has 0 fully saturated rings. The van der Waals surface area contributed by atoms with Gasteiger partial charge in [0.15, 0.2) is 0 Å². The molecule has 0 bridgehead atoms. The first-order chi connectivity index (χ1) is 5.24. The minimum absolute atomic E-state index is 0.205. The van der Waals surface area contributed by atoms with Crippen LogP contribution in [0.15, 0.2) is 15.9 Å². The predicted molar refractivity (Wildman–Crippen MR) is 55.5 cm³/mol. The fourth-order valence-corrected chi connectivity index (χ4v) is 2.75. The average Bonchev–Trinajstić information content (AvgIpc) is 2.36. The van der Waals surface area contributed by atoms with Crippen molar-refractivity contribution in [2.24, 2.45) is 0 Å². The van der Waals surface area contributed by atoms with Gasteiger partial charge in [-0.25, -0.2) is 0 Å². The molecule has 0 aromatic carbocycles. The van der Waals surface area contributed by atoms with Gasteiger partial charge in [0.1, 0.15) is 0 Å². The van der Waals surface area contributed by atoms with Gasteiger partial charge in [0.05, 0.1) is 9.16 Å². The number of thiophene rings is 1. The second-order valence-corrected chi connectivity index (χ2v) is 5.42. The predicted octanol–water partition coefficient (Wildman–Crippen LogP) is 4.59. The van der Waals surface area contributed by atoms with E-state index in [-0.39, 0.29) is 5.38 Å². The fourth-order valence-electron chi connectivity index (χ4n) is 0.892. The van der Waals surface area contributed by atoms with Crippen LogP contribution in [0, 0.1) is 0 Å². The molecule has 0 spiro atoms. The Balaban J connectivity index is 2.60. The molecule has 1 aromatic rings. The number of alkyl halides is 1. The van der Waals surface area contributed by atoms with Crippen molar-refractivity contribution in [1.82, 2.24) is 0 Å². The first-order valence-corrected chi connectivity index (χ1v) is 5.68. The Morgan fingerprint density at radius 2 is 2.36 bits per heavy atom. The quantitative estimate of drug-likeness (QED) is 0.691. The molecule has 0 amide bonds. The first-order valence-electron chi connectivity index (χ1n) is 3.63. The minimum atomic E-state index is 0.205. The highest BCUT2D eigenvalue weighted by atomic mass is 79.9. The van der Waals surface area contributed by atoms with Gasteiger partial charge in [-0.3, -0.25) is 0 Å². The molecule has 11 heavy (non-hydrogen) atoms. The maximum Gasteiger partial charge on any atom is 0.0701 e. The molecule has 0 aliphatic heterocycles. The maximum atomic E-state index is 6.11. The highest BCUT2D eigenvalue weighted by Crippen LogP contribution is 2.33. The summed E-state index contributed by atoms with van der Waals surface area (Å²) < 4.78 is 1.16. The summed E-state index contributed by atoms with van der Waals surface area (Å²) in [6.07, 6.45) is 2.21. The van der Waals surface area contributed by atoms with Crippen LogP contribution in [0.4, 0.5) is 0 Å². The zero-order chi connectivity index (χ0) is 8.27. The fraction of sp³-hybridized carbons (Fsp3) is 0.500. The Morgan fingerprint density at radius 3 is 2.82 bits per heavy atom. The molecule has 1 aromatic heterocycles. The van der Waals surface area contributed by atoms with E-state index in [0.29, 0.717) is 0 Å². The van der Waals surface area contributed by atoms with Crippen LogP contribution in [0.2, 0.25) is 0 Å². The van der Waals surface area contributed by atoms with E-state index in [1.165, 1.54) is 4.88 Å². The van der Waals surface area contributed by atoms with Gasteiger partial charge in [0.25, 0.3) is 0 Å². The molecule has 62 valence electrons. The van der Waals surface area contributed by atoms with Crippen molar-refractivity contribution in [3.05, 3.63) is 20.8 Å². The largest absolute Gasteiger partial charge is 0.132 e. The van der Waals surface area contributed by atoms with Crippen molar-refractivity contribution in [2.45, 2.75) is 25.1 Å². The summed E-state index contributed by atoms with van der Waals surface area (Å²) in [5.74, 6) is 0. The van der Waals surface area contributed by atoms with Crippen LogP contribution in [-0.4, -0.2) is 0 Å². The molecule has 0 nitrogen and oxygen atoms in total. The van der Waals surface area contributed by atoms with E-state index in [2.05, 4.69) is 28.9 Å². The summed E-state index contributed by atoms with van der Waals surface area (Å²) in [4.78, 5) is 1.26. The second-order valence-electron chi connectivity index (χ2n) is 2.40. The van der Waals surface area contributed by atoms with Crippen LogP contribution < -0.4 is 0 Å². The molecular formula is C8H10BrClS. The van der Waals surface area contributed by atoms with Crippen LogP contribution in [0.5, 0.6) is 0 Å². The van der Waals surface area contributed by atoms with Crippen molar-refractivity contribution in [2.75, 3.05) is 0 Å². The van der Waals surface area contributed by atoms with E-state index in [9.17, 15) is 0 Å². The number of hydrogen-bond donors (Lipinski definition) is 0. The Labute approximate surface area is 84.7 Å². The topological polar surface area (TPSA) is 0 Å². The Morgan fingerprint density at radius 1 is 1.64 bits per heavy atom. The number of rotatable bonds is 3. The summed E-state index contributed by atoms with van der Waals surface area (Å²) in [5, 5.41) is 0.205. The lowest BCUT2D eigenvalue weighted by Crippen LogP contribution is -1.83. The summed E-state index contributed by atoms with van der Waals surface area (Å²) in [7, 11) is 0. The highest BCUT2D eigenvalue weighted by molar-refractivity contribution is 9.11. The Hall–Kier alpha value is 0.470. The molecule has 0 aliphatic rings. The van der Waals surface area contributed by atoms with E-state index in [4.69, 9.17) is 11.6 Å². The van der Waals surface area contributed by atoms with Crippen LogP contribution in [0.3, 0.4) is 0 Å². The van der Waals surface area contributed by atoms with E-state index in [0.717, 1.165) is 16.6 Å². The van der Waals surface area contributed by atoms with Gasteiger partial charge in [0.2, 0.25) is 0 Å². The molecule has 3 heteroatoms. The van der Waals surface area contributed by atoms with Gasteiger partial charge in [-0.1, -0.05) is 13.3 Å². The summed E-state index contributed by atoms with van der Waals surface area (Å²) >= 11 is 11.2. The Bertz CT molecular complexity index is 222. The molecule has 0 aliphatic carbocycles. The average molecular weight is 254 g/mol. The zero-order valence-corrected chi connectivity index (χ0v) is 9.47. The van der Waals surface area contributed by atoms with Gasteiger partial charge < -0.3 is 0 Å². The van der Waals surface area contributed by atoms with Gasteiger partial charge >= 0.3 is 0 Å². The van der Waals surface area contributed by atoms with Crippen LogP contribution in [0.25, 0.3) is 0 Å². The highest BCUT2D eigenvalue weighted by Gasteiger charge is 2.08. The van der Waals surface area contributed by atoms with Crippen molar-refractivity contribution in [1.29, 1.82) is 0 Å². The maximum absolute atomic E-state index is 6.11. The summed E-state index contributed by atoms with van der Waals surface area (Å²) in [6, 6.07) is 4.13. The minimum Gasteiger partial charge on any atom is -0.132 e. The van der Waals surface area contributed by atoms with Crippen molar-refractivity contribution in [3.8, 4) is 0 Å². The molecule has 0 radical (unpaired) electrons. The van der Waals surface area contributed by atoms with E-state index in [1.807, 2.05) is 6.07 Å². The first kappa shape index (κ1) is 9.56. The smallest absolute Gasteiger partial charge is 0.0701 e. The second kappa shape index (κ2) is 4.48. The SMILES string of the molecule is CCCC(Cl)c1ccc(Br)s1. The van der Waals surface area contributed by atoms with Crippen molar-refractivity contribution < 1.29 is 0 Å². The van der Waals surface area contributed by atoms with Gasteiger partial charge in [-0.05, 0) is 34.5 Å². The van der Waals surface area contributed by atoms with Crippen LogP contribution in [-0.2, 0) is 0 Å². The lowest BCUT2D eigenvalue weighted by molar-refractivity contribution is 0.780. The summed E-state index contributed by atoms with van der Waals surface area (Å²) in [5.41, 5.74) is 0. The summed E-state index contributed by atoms with van der Waals surface area (Å²) in [6.45, 7) is 2.15. The number of hydrogen-bond acceptors (Lipinski definition) is 1. The van der Waals surface area contributed by atoms with E-state index >= 15 is 0 Å². The van der Waals surface area contributed by atoms with Crippen LogP contribution >= 0.6 is 38.9 Å². The van der Waals surface area contributed by atoms with Gasteiger partial charge in [0, 0.05) is 4.88 Å². The van der Waals surface area contributed by atoms with Gasteiger partial charge in [-0.15, -0.1) is 22.9 Å². The van der Waals surface area contributed by atoms with Crippen LogP contribution in [0.1, 0.15) is 30.0 Å². The third-order valence-electron chi connectivity index (χ3n) is 1.44. The molecule has 1 rings (SSSR count). The third kappa shape index (κ3) is 2.77. The van der Waals surface area contributed by atoms with Crippen molar-refractivity contribution >= 4 is 38.9 Å². The van der Waals surface area contributed by atoms with Crippen molar-refractivity contribution in [3.63, 3.8) is 0 Å². The molecule has 0 saturated heterocycles. The third-order valence-corrected chi connectivity index (χ3v) is 3.76. The normalized spacial score (nSPS) is 13.4. The molecule has 1 atom stereocenters. The zero-order valence-electron chi connectivity index (χ0n) is 6.31. The lowest BCUT2D eigenvalue weighted by atomic mass is 10.2. The lowest BCUT2D eigenvalue weighted by Gasteiger charge is -2.02. The molecule has 1 heterocycles. The Kier molecular flexibility index (Phi) is 3.90. The molecule has 0 saturated carbocycles. The monoisotopic (exact) mass is 252 g/mol. The molecular weight excluding hydrogens is 244 g/mol. The van der Waals surface area contributed by atoms with E-state index in [1.54, 1.807) is 11.3 Å². The number of halogens is 2. The standard InChI is InChI=1S/C8H10BrClS/c1-2-3-6(10)7-4-5-8(9)11-7/h4-6H,2-3H2,1H3. The van der Waals surface area contributed by atoms with E-state index < -0.39 is 0 Å². The molecule has 1 unspecified atom stereocenters. The van der Waals surface area contributed by atoms with Gasteiger partial charge in [-0.2, -0.15) is 0 Å².